The first-order valence-corrected chi connectivity index (χ1v) is 8.88. The Balaban J connectivity index is 1.56. The molecule has 2 aromatic rings. The van der Waals surface area contributed by atoms with Crippen LogP contribution in [0.5, 0.6) is 11.6 Å². The average Bonchev–Trinajstić information content (AvgIpc) is 3.16. The topological polar surface area (TPSA) is 54.5 Å². The first kappa shape index (κ1) is 15.6. The van der Waals surface area contributed by atoms with Crippen LogP contribution in [-0.4, -0.2) is 42.0 Å². The van der Waals surface area contributed by atoms with Crippen molar-refractivity contribution in [1.82, 2.24) is 15.2 Å². The molecule has 2 fully saturated rings. The molecule has 1 aromatic heterocycles. The predicted octanol–water partition coefficient (Wildman–Crippen LogP) is 2.93. The highest BCUT2D eigenvalue weighted by Gasteiger charge is 2.38. The van der Waals surface area contributed by atoms with Gasteiger partial charge in [-0.2, -0.15) is 0 Å². The number of hydrogen-bond donors (Lipinski definition) is 1. The molecule has 0 spiro atoms. The van der Waals surface area contributed by atoms with Gasteiger partial charge < -0.3 is 15.0 Å². The second-order valence-electron chi connectivity index (χ2n) is 6.30. The van der Waals surface area contributed by atoms with Crippen molar-refractivity contribution < 1.29 is 9.53 Å². The van der Waals surface area contributed by atoms with Crippen LogP contribution in [0.4, 0.5) is 0 Å². The van der Waals surface area contributed by atoms with Gasteiger partial charge in [-0.1, -0.05) is 22.0 Å². The summed E-state index contributed by atoms with van der Waals surface area (Å²) in [5, 5.41) is 3.39. The second kappa shape index (κ2) is 6.53. The van der Waals surface area contributed by atoms with Crippen molar-refractivity contribution in [3.8, 4) is 11.6 Å². The molecule has 1 N–H and O–H groups in total. The van der Waals surface area contributed by atoms with Crippen LogP contribution in [-0.2, 0) is 0 Å². The minimum absolute atomic E-state index is 0.00231. The zero-order valence-electron chi connectivity index (χ0n) is 13.1. The number of aromatic nitrogens is 1. The summed E-state index contributed by atoms with van der Waals surface area (Å²) >= 11 is 3.42. The highest BCUT2D eigenvalue weighted by molar-refractivity contribution is 9.10. The Morgan fingerprint density at radius 3 is 2.75 bits per heavy atom. The lowest BCUT2D eigenvalue weighted by molar-refractivity contribution is 0.0778. The number of ether oxygens (including phenoxy) is 1. The number of nitrogens with zero attached hydrogens (tertiary/aromatic N) is 2. The molecule has 2 aliphatic heterocycles. The van der Waals surface area contributed by atoms with E-state index in [-0.39, 0.29) is 5.91 Å². The molecule has 0 aliphatic carbocycles. The van der Waals surface area contributed by atoms with Crippen molar-refractivity contribution in [2.75, 3.05) is 26.2 Å². The van der Waals surface area contributed by atoms with E-state index in [0.29, 0.717) is 29.0 Å². The van der Waals surface area contributed by atoms with Gasteiger partial charge in [0, 0.05) is 36.8 Å². The van der Waals surface area contributed by atoms with Gasteiger partial charge in [-0.3, -0.25) is 4.79 Å². The smallest absolute Gasteiger partial charge is 0.259 e. The van der Waals surface area contributed by atoms with Crippen molar-refractivity contribution >= 4 is 21.8 Å². The van der Waals surface area contributed by atoms with Crippen molar-refractivity contribution in [1.29, 1.82) is 0 Å². The summed E-state index contributed by atoms with van der Waals surface area (Å²) in [6.07, 6.45) is 1.65. The second-order valence-corrected chi connectivity index (χ2v) is 7.22. The van der Waals surface area contributed by atoms with Gasteiger partial charge in [-0.05, 0) is 42.2 Å². The number of halogens is 1. The third-order valence-electron chi connectivity index (χ3n) is 4.69. The van der Waals surface area contributed by atoms with E-state index in [2.05, 4.69) is 26.2 Å². The summed E-state index contributed by atoms with van der Waals surface area (Å²) in [4.78, 5) is 19.1. The van der Waals surface area contributed by atoms with Crippen LogP contribution in [0, 0.1) is 11.8 Å². The van der Waals surface area contributed by atoms with Crippen LogP contribution in [0.3, 0.4) is 0 Å². The lowest BCUT2D eigenvalue weighted by Gasteiger charge is -2.19. The number of rotatable bonds is 3. The summed E-state index contributed by atoms with van der Waals surface area (Å²) in [6, 6.07) is 11.1. The molecule has 2 saturated heterocycles. The molecule has 0 radical (unpaired) electrons. The predicted molar refractivity (Wildman–Crippen MR) is 94.2 cm³/mol. The normalized spacial score (nSPS) is 22.5. The lowest BCUT2D eigenvalue weighted by atomic mass is 10.0. The molecule has 1 amide bonds. The van der Waals surface area contributed by atoms with Crippen molar-refractivity contribution in [3.05, 3.63) is 52.6 Å². The third kappa shape index (κ3) is 3.03. The largest absolute Gasteiger partial charge is 0.438 e. The summed E-state index contributed by atoms with van der Waals surface area (Å²) < 4.78 is 6.78. The Hall–Kier alpha value is -1.92. The Labute approximate surface area is 149 Å². The zero-order chi connectivity index (χ0) is 16.5. The highest BCUT2D eigenvalue weighted by atomic mass is 79.9. The maximum atomic E-state index is 12.9. The molecule has 2 atom stereocenters. The summed E-state index contributed by atoms with van der Waals surface area (Å²) in [5.41, 5.74) is 0.519. The summed E-state index contributed by atoms with van der Waals surface area (Å²) in [7, 11) is 0. The fraction of sp³-hybridized carbons (Fsp3) is 0.333. The molecule has 124 valence electrons. The van der Waals surface area contributed by atoms with Crippen molar-refractivity contribution in [2.24, 2.45) is 11.8 Å². The Bertz CT molecular complexity index is 755. The minimum Gasteiger partial charge on any atom is -0.438 e. The molecule has 24 heavy (non-hydrogen) atoms. The SMILES string of the molecule is O=C(c1cccnc1Oc1cccc(Br)c1)N1C[C@H]2CNC[C@H]2C1. The first-order valence-electron chi connectivity index (χ1n) is 8.09. The van der Waals surface area contributed by atoms with E-state index >= 15 is 0 Å². The molecular weight excluding hydrogens is 370 g/mol. The first-order chi connectivity index (χ1) is 11.7. The molecule has 0 unspecified atom stereocenters. The number of fused-ring (bicyclic) bond motifs is 1. The highest BCUT2D eigenvalue weighted by Crippen LogP contribution is 2.30. The van der Waals surface area contributed by atoms with Crippen LogP contribution in [0.15, 0.2) is 47.1 Å². The fourth-order valence-corrected chi connectivity index (χ4v) is 3.85. The standard InChI is InChI=1S/C18H18BrN3O2/c19-14-3-1-4-15(7-14)24-17-16(5-2-6-21-17)18(23)22-10-12-8-20-9-13(12)11-22/h1-7,12-13,20H,8-11H2/t12-,13+. The molecule has 4 rings (SSSR count). The van der Waals surface area contributed by atoms with Gasteiger partial charge in [0.25, 0.3) is 5.91 Å². The summed E-state index contributed by atoms with van der Waals surface area (Å²) in [6.45, 7) is 3.62. The lowest BCUT2D eigenvalue weighted by Crippen LogP contribution is -2.32. The van der Waals surface area contributed by atoms with E-state index in [4.69, 9.17) is 4.74 Å². The molecule has 0 bridgehead atoms. The van der Waals surface area contributed by atoms with Crippen molar-refractivity contribution in [2.45, 2.75) is 0 Å². The van der Waals surface area contributed by atoms with Gasteiger partial charge in [0.2, 0.25) is 5.88 Å². The van der Waals surface area contributed by atoms with Gasteiger partial charge in [0.05, 0.1) is 0 Å². The van der Waals surface area contributed by atoms with E-state index in [0.717, 1.165) is 30.7 Å². The van der Waals surface area contributed by atoms with Gasteiger partial charge in [0.15, 0.2) is 0 Å². The van der Waals surface area contributed by atoms with E-state index in [1.807, 2.05) is 29.2 Å². The Morgan fingerprint density at radius 2 is 2.00 bits per heavy atom. The Kier molecular flexibility index (Phi) is 4.24. The number of nitrogens with one attached hydrogen (secondary N) is 1. The average molecular weight is 388 g/mol. The van der Waals surface area contributed by atoms with E-state index in [9.17, 15) is 4.79 Å². The number of amides is 1. The molecule has 5 nitrogen and oxygen atoms in total. The molecular formula is C18H18BrN3O2. The van der Waals surface area contributed by atoms with Crippen LogP contribution in [0.1, 0.15) is 10.4 Å². The maximum absolute atomic E-state index is 12.9. The van der Waals surface area contributed by atoms with E-state index in [1.165, 1.54) is 0 Å². The number of hydrogen-bond acceptors (Lipinski definition) is 4. The monoisotopic (exact) mass is 387 g/mol. The third-order valence-corrected chi connectivity index (χ3v) is 5.18. The number of carbonyl (C=O) groups excluding carboxylic acids is 1. The zero-order valence-corrected chi connectivity index (χ0v) is 14.7. The van der Waals surface area contributed by atoms with Gasteiger partial charge in [-0.25, -0.2) is 4.98 Å². The van der Waals surface area contributed by atoms with Crippen LogP contribution in [0.2, 0.25) is 0 Å². The van der Waals surface area contributed by atoms with E-state index < -0.39 is 0 Å². The van der Waals surface area contributed by atoms with E-state index in [1.54, 1.807) is 18.3 Å². The van der Waals surface area contributed by atoms with Crippen LogP contribution in [0.25, 0.3) is 0 Å². The summed E-state index contributed by atoms with van der Waals surface area (Å²) in [5.74, 6) is 2.15. The molecule has 6 heteroatoms. The van der Waals surface area contributed by atoms with Gasteiger partial charge in [0.1, 0.15) is 11.3 Å². The quantitative estimate of drug-likeness (QED) is 0.879. The van der Waals surface area contributed by atoms with Crippen molar-refractivity contribution in [3.63, 3.8) is 0 Å². The Morgan fingerprint density at radius 1 is 1.21 bits per heavy atom. The fourth-order valence-electron chi connectivity index (χ4n) is 3.47. The number of benzene rings is 1. The van der Waals surface area contributed by atoms with Crippen LogP contribution >= 0.6 is 15.9 Å². The van der Waals surface area contributed by atoms with Gasteiger partial charge in [-0.15, -0.1) is 0 Å². The number of pyridine rings is 1. The number of carbonyl (C=O) groups is 1. The molecule has 2 aliphatic rings. The molecule has 1 aromatic carbocycles. The number of likely N-dealkylation sites (tertiary alicyclic amines) is 1. The van der Waals surface area contributed by atoms with Gasteiger partial charge >= 0.3 is 0 Å². The molecule has 3 heterocycles. The molecule has 0 saturated carbocycles. The van der Waals surface area contributed by atoms with Crippen LogP contribution < -0.4 is 10.1 Å². The maximum Gasteiger partial charge on any atom is 0.259 e. The minimum atomic E-state index is 0.00231.